The highest BCUT2D eigenvalue weighted by atomic mass is 32.2. The fourth-order valence-corrected chi connectivity index (χ4v) is 1.91. The third kappa shape index (κ3) is 4.75. The second-order valence-electron chi connectivity index (χ2n) is 3.55. The summed E-state index contributed by atoms with van der Waals surface area (Å²) in [7, 11) is 1.26. The Balaban J connectivity index is 2.37. The van der Waals surface area contributed by atoms with Crippen molar-refractivity contribution in [3.05, 3.63) is 30.1 Å². The third-order valence-corrected chi connectivity index (χ3v) is 3.13. The minimum Gasteiger partial charge on any atom is -0.467 e. The molecule has 1 amide bonds. The quantitative estimate of drug-likeness (QED) is 0.653. The predicted octanol–water partition coefficient (Wildman–Crippen LogP) is 1.60. The number of benzene rings is 1. The first-order valence-corrected chi connectivity index (χ1v) is 6.27. The van der Waals surface area contributed by atoms with Crippen LogP contribution >= 0.6 is 11.8 Å². The average molecular weight is 271 g/mol. The summed E-state index contributed by atoms with van der Waals surface area (Å²) >= 11 is 1.27. The largest absolute Gasteiger partial charge is 0.467 e. The normalized spacial score (nSPS) is 11.7. The minimum absolute atomic E-state index is 0.160. The number of ether oxygens (including phenoxy) is 1. The van der Waals surface area contributed by atoms with Crippen LogP contribution in [0.2, 0.25) is 0 Å². The van der Waals surface area contributed by atoms with E-state index in [1.165, 1.54) is 31.0 Å². The van der Waals surface area contributed by atoms with Crippen LogP contribution in [0.5, 0.6) is 0 Å². The predicted molar refractivity (Wildman–Crippen MR) is 66.7 cm³/mol. The summed E-state index contributed by atoms with van der Waals surface area (Å²) in [5, 5.41) is 2.50. The fourth-order valence-electron chi connectivity index (χ4n) is 1.20. The molecule has 0 aliphatic carbocycles. The number of nitrogens with one attached hydrogen (secondary N) is 1. The Hall–Kier alpha value is -1.56. The lowest BCUT2D eigenvalue weighted by Gasteiger charge is -2.11. The van der Waals surface area contributed by atoms with Crippen molar-refractivity contribution >= 4 is 23.6 Å². The van der Waals surface area contributed by atoms with Gasteiger partial charge in [-0.1, -0.05) is 0 Å². The molecule has 0 radical (unpaired) electrons. The summed E-state index contributed by atoms with van der Waals surface area (Å²) in [6.45, 7) is 1.55. The number of halogens is 1. The molecular weight excluding hydrogens is 257 g/mol. The molecule has 1 N–H and O–H groups in total. The number of methoxy groups -OCH3 is 1. The highest BCUT2D eigenvalue weighted by Gasteiger charge is 2.15. The van der Waals surface area contributed by atoms with Gasteiger partial charge in [0.15, 0.2) is 0 Å². The first-order chi connectivity index (χ1) is 8.52. The van der Waals surface area contributed by atoms with E-state index >= 15 is 0 Å². The van der Waals surface area contributed by atoms with Crippen molar-refractivity contribution in [2.75, 3.05) is 12.9 Å². The van der Waals surface area contributed by atoms with E-state index in [1.807, 2.05) is 0 Å². The molecule has 0 unspecified atom stereocenters. The molecule has 0 saturated heterocycles. The first-order valence-electron chi connectivity index (χ1n) is 5.28. The Bertz CT molecular complexity index is 422. The van der Waals surface area contributed by atoms with E-state index in [4.69, 9.17) is 0 Å². The molecule has 1 aromatic carbocycles. The van der Waals surface area contributed by atoms with Gasteiger partial charge in [0.05, 0.1) is 12.9 Å². The summed E-state index contributed by atoms with van der Waals surface area (Å²) < 4.78 is 17.1. The zero-order valence-corrected chi connectivity index (χ0v) is 10.9. The Morgan fingerprint density at radius 3 is 2.56 bits per heavy atom. The average Bonchev–Trinajstić information content (AvgIpc) is 2.37. The summed E-state index contributed by atoms with van der Waals surface area (Å²) in [6.07, 6.45) is 0. The van der Waals surface area contributed by atoms with Crippen molar-refractivity contribution in [2.45, 2.75) is 17.9 Å². The standard InChI is InChI=1S/C12H14FNO3S/c1-8(12(16)17-2)14-11(15)7-18-10-5-3-9(13)4-6-10/h3-6,8H,7H2,1-2H3,(H,14,15)/t8-/m0/s1. The first kappa shape index (κ1) is 14.5. The second kappa shape index (κ2) is 7.00. The van der Waals surface area contributed by atoms with E-state index in [0.717, 1.165) is 4.90 Å². The van der Waals surface area contributed by atoms with Gasteiger partial charge in [-0.15, -0.1) is 11.8 Å². The maximum absolute atomic E-state index is 12.6. The van der Waals surface area contributed by atoms with Crippen molar-refractivity contribution < 1.29 is 18.7 Å². The van der Waals surface area contributed by atoms with Gasteiger partial charge in [-0.05, 0) is 31.2 Å². The van der Waals surface area contributed by atoms with Crippen molar-refractivity contribution in [1.29, 1.82) is 0 Å². The van der Waals surface area contributed by atoms with Crippen LogP contribution in [0, 0.1) is 5.82 Å². The zero-order valence-electron chi connectivity index (χ0n) is 10.1. The van der Waals surface area contributed by atoms with Gasteiger partial charge in [-0.2, -0.15) is 0 Å². The van der Waals surface area contributed by atoms with Gasteiger partial charge < -0.3 is 10.1 Å². The van der Waals surface area contributed by atoms with E-state index in [-0.39, 0.29) is 17.5 Å². The summed E-state index contributed by atoms with van der Waals surface area (Å²) in [5.41, 5.74) is 0. The molecule has 1 atom stereocenters. The lowest BCUT2D eigenvalue weighted by atomic mass is 10.3. The molecule has 18 heavy (non-hydrogen) atoms. The molecular formula is C12H14FNO3S. The highest BCUT2D eigenvalue weighted by Crippen LogP contribution is 2.17. The van der Waals surface area contributed by atoms with Crippen LogP contribution in [0.15, 0.2) is 29.2 Å². The summed E-state index contributed by atoms with van der Waals surface area (Å²) in [5.74, 6) is -0.923. The number of rotatable bonds is 5. The van der Waals surface area contributed by atoms with Crippen LogP contribution in [0.3, 0.4) is 0 Å². The molecule has 0 heterocycles. The maximum atomic E-state index is 12.6. The Morgan fingerprint density at radius 2 is 2.00 bits per heavy atom. The van der Waals surface area contributed by atoms with Crippen LogP contribution in [-0.4, -0.2) is 30.8 Å². The van der Waals surface area contributed by atoms with Crippen LogP contribution in [0.1, 0.15) is 6.92 Å². The lowest BCUT2D eigenvalue weighted by Crippen LogP contribution is -2.40. The SMILES string of the molecule is COC(=O)[C@H](C)NC(=O)CSc1ccc(F)cc1. The number of thioether (sulfide) groups is 1. The minimum atomic E-state index is -0.670. The van der Waals surface area contributed by atoms with Gasteiger partial charge in [0.1, 0.15) is 11.9 Å². The van der Waals surface area contributed by atoms with Crippen molar-refractivity contribution in [1.82, 2.24) is 5.32 Å². The van der Waals surface area contributed by atoms with Crippen molar-refractivity contribution in [3.8, 4) is 0 Å². The van der Waals surface area contributed by atoms with Crippen LogP contribution in [0.4, 0.5) is 4.39 Å². The van der Waals surface area contributed by atoms with Crippen molar-refractivity contribution in [2.24, 2.45) is 0 Å². The molecule has 6 heteroatoms. The second-order valence-corrected chi connectivity index (χ2v) is 4.60. The third-order valence-electron chi connectivity index (χ3n) is 2.12. The monoisotopic (exact) mass is 271 g/mol. The van der Waals surface area contributed by atoms with Crippen LogP contribution in [-0.2, 0) is 14.3 Å². The molecule has 4 nitrogen and oxygen atoms in total. The van der Waals surface area contributed by atoms with Gasteiger partial charge in [0.25, 0.3) is 0 Å². The van der Waals surface area contributed by atoms with Gasteiger partial charge in [-0.25, -0.2) is 9.18 Å². The van der Waals surface area contributed by atoms with Gasteiger partial charge in [0.2, 0.25) is 5.91 Å². The van der Waals surface area contributed by atoms with Crippen molar-refractivity contribution in [3.63, 3.8) is 0 Å². The maximum Gasteiger partial charge on any atom is 0.328 e. The van der Waals surface area contributed by atoms with E-state index in [1.54, 1.807) is 19.1 Å². The Morgan fingerprint density at radius 1 is 1.39 bits per heavy atom. The highest BCUT2D eigenvalue weighted by molar-refractivity contribution is 8.00. The summed E-state index contributed by atoms with van der Waals surface area (Å²) in [6, 6.07) is 5.18. The van der Waals surface area contributed by atoms with Gasteiger partial charge in [0, 0.05) is 4.90 Å². The number of carbonyl (C=O) groups excluding carboxylic acids is 2. The zero-order chi connectivity index (χ0) is 13.5. The molecule has 0 aliphatic rings. The number of esters is 1. The van der Waals surface area contributed by atoms with E-state index in [2.05, 4.69) is 10.1 Å². The topological polar surface area (TPSA) is 55.4 Å². The van der Waals surface area contributed by atoms with E-state index in [0.29, 0.717) is 0 Å². The molecule has 0 bridgehead atoms. The van der Waals surface area contributed by atoms with E-state index in [9.17, 15) is 14.0 Å². The molecule has 0 fully saturated rings. The molecule has 0 aromatic heterocycles. The molecule has 1 rings (SSSR count). The van der Waals surface area contributed by atoms with E-state index < -0.39 is 12.0 Å². The van der Waals surface area contributed by atoms with Gasteiger partial charge in [-0.3, -0.25) is 4.79 Å². The Labute approximate surface area is 109 Å². The molecule has 0 aliphatic heterocycles. The van der Waals surface area contributed by atoms with Crippen LogP contribution < -0.4 is 5.32 Å². The molecule has 98 valence electrons. The fraction of sp³-hybridized carbons (Fsp3) is 0.333. The Kier molecular flexibility index (Phi) is 5.64. The number of carbonyl (C=O) groups is 2. The number of hydrogen-bond acceptors (Lipinski definition) is 4. The molecule has 0 spiro atoms. The lowest BCUT2D eigenvalue weighted by molar-refractivity contribution is -0.144. The molecule has 1 aromatic rings. The smallest absolute Gasteiger partial charge is 0.328 e. The number of amides is 1. The number of hydrogen-bond donors (Lipinski definition) is 1. The summed E-state index contributed by atoms with van der Waals surface area (Å²) in [4.78, 5) is 23.4. The van der Waals surface area contributed by atoms with Crippen LogP contribution in [0.25, 0.3) is 0 Å². The molecule has 0 saturated carbocycles. The van der Waals surface area contributed by atoms with Gasteiger partial charge >= 0.3 is 5.97 Å².